The summed E-state index contributed by atoms with van der Waals surface area (Å²) in [5, 5.41) is 14.5. The van der Waals surface area contributed by atoms with Crippen molar-refractivity contribution in [3.8, 4) is 5.75 Å². The Morgan fingerprint density at radius 2 is 1.88 bits per heavy atom. The molecule has 11 heteroatoms. The van der Waals surface area contributed by atoms with Crippen LogP contribution in [-0.2, 0) is 10.0 Å². The lowest BCUT2D eigenvalue weighted by atomic mass is 10.2. The average molecular weight is 385 g/mol. The Balaban J connectivity index is 2.11. The van der Waals surface area contributed by atoms with Gasteiger partial charge in [-0.2, -0.15) is 22.3 Å². The maximum absolute atomic E-state index is 12.1. The lowest BCUT2D eigenvalue weighted by Crippen LogP contribution is -2.18. The molecule has 0 fully saturated rings. The minimum absolute atomic E-state index is 0.0512. The number of benzene rings is 2. The van der Waals surface area contributed by atoms with Crippen LogP contribution in [0.1, 0.15) is 11.1 Å². The summed E-state index contributed by atoms with van der Waals surface area (Å²) in [6.45, 7) is -1.46. The van der Waals surface area contributed by atoms with Crippen molar-refractivity contribution in [3.05, 3.63) is 63.7 Å². The predicted octanol–water partition coefficient (Wildman–Crippen LogP) is 2.82. The zero-order chi connectivity index (χ0) is 19.3. The van der Waals surface area contributed by atoms with E-state index in [0.717, 1.165) is 12.3 Å². The van der Waals surface area contributed by atoms with Gasteiger partial charge in [0.25, 0.3) is 15.7 Å². The number of rotatable bonds is 7. The molecule has 0 bridgehead atoms. The molecule has 2 aromatic rings. The molecular weight excluding hydrogens is 372 g/mol. The normalized spacial score (nSPS) is 11.7. The summed E-state index contributed by atoms with van der Waals surface area (Å²) in [5.41, 5.74) is 0.416. The van der Waals surface area contributed by atoms with Gasteiger partial charge in [-0.1, -0.05) is 6.07 Å². The third-order valence-electron chi connectivity index (χ3n) is 3.18. The van der Waals surface area contributed by atoms with Crippen molar-refractivity contribution in [1.82, 2.24) is 4.83 Å². The number of ether oxygens (including phenoxy) is 1. The number of hydrogen-bond donors (Lipinski definition) is 1. The van der Waals surface area contributed by atoms with E-state index in [1.165, 1.54) is 43.3 Å². The molecule has 2 rings (SSSR count). The van der Waals surface area contributed by atoms with E-state index in [0.29, 0.717) is 11.1 Å². The Morgan fingerprint density at radius 3 is 2.46 bits per heavy atom. The Morgan fingerprint density at radius 1 is 1.23 bits per heavy atom. The van der Waals surface area contributed by atoms with E-state index in [1.807, 2.05) is 4.83 Å². The molecule has 8 nitrogen and oxygen atoms in total. The van der Waals surface area contributed by atoms with E-state index in [4.69, 9.17) is 0 Å². The minimum Gasteiger partial charge on any atom is -0.435 e. The quantitative estimate of drug-likeness (QED) is 0.448. The smallest absolute Gasteiger partial charge is 0.387 e. The minimum atomic E-state index is -4.10. The van der Waals surface area contributed by atoms with E-state index >= 15 is 0 Å². The molecule has 0 radical (unpaired) electrons. The van der Waals surface area contributed by atoms with Crippen LogP contribution in [-0.4, -0.2) is 26.2 Å². The second-order valence-corrected chi connectivity index (χ2v) is 6.67. The first-order valence-corrected chi connectivity index (χ1v) is 8.52. The van der Waals surface area contributed by atoms with Gasteiger partial charge in [-0.05, 0) is 42.8 Å². The second-order valence-electron chi connectivity index (χ2n) is 5.01. The molecule has 0 aliphatic carbocycles. The van der Waals surface area contributed by atoms with Crippen molar-refractivity contribution in [2.75, 3.05) is 0 Å². The Kier molecular flexibility index (Phi) is 5.82. The summed E-state index contributed by atoms with van der Waals surface area (Å²) < 4.78 is 52.6. The van der Waals surface area contributed by atoms with E-state index in [1.54, 1.807) is 0 Å². The lowest BCUT2D eigenvalue weighted by molar-refractivity contribution is -0.385. The van der Waals surface area contributed by atoms with Gasteiger partial charge < -0.3 is 4.74 Å². The van der Waals surface area contributed by atoms with Crippen LogP contribution in [0.15, 0.2) is 52.5 Å². The fraction of sp³-hybridized carbons (Fsp3) is 0.133. The standard InChI is InChI=1S/C15H13F2N3O5S/c1-10-2-7-13(8-14(10)20(21)22)26(23,24)19-18-9-11-3-5-12(6-4-11)25-15(16)17/h2-9,15,19H,1H3/b18-9-. The average Bonchev–Trinajstić information content (AvgIpc) is 2.55. The molecule has 0 saturated heterocycles. The van der Waals surface area contributed by atoms with Crippen LogP contribution < -0.4 is 9.57 Å². The van der Waals surface area contributed by atoms with Gasteiger partial charge in [0.2, 0.25) is 0 Å². The molecule has 0 heterocycles. The van der Waals surface area contributed by atoms with Crippen molar-refractivity contribution < 1.29 is 26.9 Å². The van der Waals surface area contributed by atoms with E-state index in [9.17, 15) is 27.3 Å². The summed E-state index contributed by atoms with van der Waals surface area (Å²) in [6, 6.07) is 8.80. The third kappa shape index (κ3) is 4.96. The van der Waals surface area contributed by atoms with Crippen LogP contribution in [0.4, 0.5) is 14.5 Å². The van der Waals surface area contributed by atoms with Crippen LogP contribution in [0.2, 0.25) is 0 Å². The third-order valence-corrected chi connectivity index (χ3v) is 4.40. The number of nitro benzene ring substituents is 1. The number of hydrogen-bond acceptors (Lipinski definition) is 6. The number of halogens is 2. The van der Waals surface area contributed by atoms with Gasteiger partial charge in [-0.15, -0.1) is 0 Å². The predicted molar refractivity (Wildman–Crippen MR) is 88.8 cm³/mol. The highest BCUT2D eigenvalue weighted by molar-refractivity contribution is 7.89. The van der Waals surface area contributed by atoms with Crippen molar-refractivity contribution in [2.24, 2.45) is 5.10 Å². The number of aryl methyl sites for hydroxylation is 1. The topological polar surface area (TPSA) is 111 Å². The van der Waals surface area contributed by atoms with Gasteiger partial charge in [-0.3, -0.25) is 10.1 Å². The number of hydrazone groups is 1. The molecule has 0 spiro atoms. The van der Waals surface area contributed by atoms with E-state index < -0.39 is 21.6 Å². The molecule has 0 saturated carbocycles. The van der Waals surface area contributed by atoms with Gasteiger partial charge in [-0.25, -0.2) is 4.83 Å². The number of sulfonamides is 1. The van der Waals surface area contributed by atoms with Crippen LogP contribution >= 0.6 is 0 Å². The van der Waals surface area contributed by atoms with Crippen LogP contribution in [0.5, 0.6) is 5.75 Å². The van der Waals surface area contributed by atoms with E-state index in [2.05, 4.69) is 9.84 Å². The SMILES string of the molecule is Cc1ccc(S(=O)(=O)N/N=C\c2ccc(OC(F)F)cc2)cc1[N+](=O)[O-]. The van der Waals surface area contributed by atoms with E-state index in [-0.39, 0.29) is 16.3 Å². The molecule has 0 aliphatic heterocycles. The highest BCUT2D eigenvalue weighted by Crippen LogP contribution is 2.22. The molecule has 0 amide bonds. The lowest BCUT2D eigenvalue weighted by Gasteiger charge is -2.05. The summed E-state index contributed by atoms with van der Waals surface area (Å²) in [4.78, 5) is 11.8. The first-order chi connectivity index (χ1) is 12.2. The zero-order valence-corrected chi connectivity index (χ0v) is 14.1. The fourth-order valence-electron chi connectivity index (χ4n) is 1.91. The van der Waals surface area contributed by atoms with Crippen LogP contribution in [0, 0.1) is 17.0 Å². The molecular formula is C15H13F2N3O5S. The van der Waals surface area contributed by atoms with Crippen molar-refractivity contribution in [1.29, 1.82) is 0 Å². The molecule has 0 unspecified atom stereocenters. The van der Waals surface area contributed by atoms with Gasteiger partial charge in [0.1, 0.15) is 5.75 Å². The van der Waals surface area contributed by atoms with Crippen LogP contribution in [0.3, 0.4) is 0 Å². The molecule has 0 aromatic heterocycles. The summed E-state index contributed by atoms with van der Waals surface area (Å²) in [6.07, 6.45) is 1.15. The molecule has 26 heavy (non-hydrogen) atoms. The maximum Gasteiger partial charge on any atom is 0.387 e. The van der Waals surface area contributed by atoms with Crippen molar-refractivity contribution in [2.45, 2.75) is 18.4 Å². The summed E-state index contributed by atoms with van der Waals surface area (Å²) in [5.74, 6) is -0.0512. The maximum atomic E-state index is 12.1. The molecule has 0 aliphatic rings. The van der Waals surface area contributed by atoms with Crippen LogP contribution in [0.25, 0.3) is 0 Å². The Hall–Kier alpha value is -3.08. The van der Waals surface area contributed by atoms with Crippen molar-refractivity contribution in [3.63, 3.8) is 0 Å². The number of nitrogens with one attached hydrogen (secondary N) is 1. The summed E-state index contributed by atoms with van der Waals surface area (Å²) >= 11 is 0. The first kappa shape index (κ1) is 19.2. The highest BCUT2D eigenvalue weighted by Gasteiger charge is 2.19. The largest absolute Gasteiger partial charge is 0.435 e. The second kappa shape index (κ2) is 7.87. The molecule has 138 valence electrons. The Bertz CT molecular complexity index is 931. The zero-order valence-electron chi connectivity index (χ0n) is 13.3. The monoisotopic (exact) mass is 385 g/mol. The molecule has 0 atom stereocenters. The van der Waals surface area contributed by atoms with Gasteiger partial charge >= 0.3 is 6.61 Å². The van der Waals surface area contributed by atoms with Gasteiger partial charge in [0.05, 0.1) is 16.0 Å². The van der Waals surface area contributed by atoms with Crippen molar-refractivity contribution >= 4 is 21.9 Å². The Labute approximate surface area is 147 Å². The molecule has 1 N–H and O–H groups in total. The van der Waals surface area contributed by atoms with Gasteiger partial charge in [0.15, 0.2) is 0 Å². The highest BCUT2D eigenvalue weighted by atomic mass is 32.2. The summed E-state index contributed by atoms with van der Waals surface area (Å²) in [7, 11) is -4.10. The fourth-order valence-corrected chi connectivity index (χ4v) is 2.72. The number of alkyl halides is 2. The first-order valence-electron chi connectivity index (χ1n) is 7.04. The number of nitro groups is 1. The number of nitrogens with zero attached hydrogens (tertiary/aromatic N) is 2. The van der Waals surface area contributed by atoms with Gasteiger partial charge in [0, 0.05) is 11.6 Å². The molecule has 2 aromatic carbocycles.